The molecule has 2 aliphatic rings. The summed E-state index contributed by atoms with van der Waals surface area (Å²) in [6, 6.07) is 1.97. The van der Waals surface area contributed by atoms with Gasteiger partial charge in [-0.15, -0.1) is 0 Å². The lowest BCUT2D eigenvalue weighted by Gasteiger charge is -2.24. The number of nitrogens with zero attached hydrogens (tertiary/aromatic N) is 3. The predicted molar refractivity (Wildman–Crippen MR) is 77.1 cm³/mol. The molecule has 0 radical (unpaired) electrons. The van der Waals surface area contributed by atoms with Crippen LogP contribution in [0.15, 0.2) is 18.6 Å². The van der Waals surface area contributed by atoms with Gasteiger partial charge in [-0.05, 0) is 26.8 Å². The van der Waals surface area contributed by atoms with Gasteiger partial charge in [-0.3, -0.25) is 0 Å². The van der Waals surface area contributed by atoms with Gasteiger partial charge in [0.15, 0.2) is 12.0 Å². The lowest BCUT2D eigenvalue weighted by Crippen LogP contribution is -2.31. The zero-order valence-electron chi connectivity index (χ0n) is 12.8. The minimum atomic E-state index is -0.682. The molecule has 7 heteroatoms. The summed E-state index contributed by atoms with van der Waals surface area (Å²) in [7, 11) is 0. The molecule has 1 N–H and O–H groups in total. The number of aliphatic hydroxyl groups excluding tert-OH is 1. The fourth-order valence-corrected chi connectivity index (χ4v) is 3.33. The zero-order chi connectivity index (χ0) is 15.5. The molecule has 0 aliphatic carbocycles. The highest BCUT2D eigenvalue weighted by Crippen LogP contribution is 2.43. The molecule has 4 heterocycles. The molecule has 2 saturated heterocycles. The van der Waals surface area contributed by atoms with Crippen LogP contribution >= 0.6 is 0 Å². The maximum atomic E-state index is 9.56. The molecule has 22 heavy (non-hydrogen) atoms. The van der Waals surface area contributed by atoms with E-state index < -0.39 is 11.9 Å². The second kappa shape index (κ2) is 4.73. The summed E-state index contributed by atoms with van der Waals surface area (Å²) in [6.07, 6.45) is 2.11. The molecule has 1 unspecified atom stereocenters. The van der Waals surface area contributed by atoms with Crippen LogP contribution in [-0.4, -0.2) is 50.3 Å². The van der Waals surface area contributed by atoms with Crippen molar-refractivity contribution in [2.24, 2.45) is 0 Å². The molecular formula is C15H19N3O4. The van der Waals surface area contributed by atoms with Crippen molar-refractivity contribution >= 4 is 11.0 Å². The van der Waals surface area contributed by atoms with Gasteiger partial charge in [0, 0.05) is 11.6 Å². The molecule has 7 nitrogen and oxygen atoms in total. The molecule has 4 rings (SSSR count). The number of rotatable bonds is 2. The molecule has 0 saturated carbocycles. The van der Waals surface area contributed by atoms with E-state index in [1.807, 2.05) is 37.6 Å². The van der Waals surface area contributed by atoms with Crippen molar-refractivity contribution in [1.29, 1.82) is 0 Å². The molecule has 118 valence electrons. The van der Waals surface area contributed by atoms with Gasteiger partial charge < -0.3 is 23.9 Å². The summed E-state index contributed by atoms with van der Waals surface area (Å²) >= 11 is 0. The van der Waals surface area contributed by atoms with Gasteiger partial charge in [-0.25, -0.2) is 9.97 Å². The summed E-state index contributed by atoms with van der Waals surface area (Å²) in [5.41, 5.74) is 1.71. The van der Waals surface area contributed by atoms with Gasteiger partial charge in [0.25, 0.3) is 0 Å². The van der Waals surface area contributed by atoms with Crippen LogP contribution in [0.3, 0.4) is 0 Å². The summed E-state index contributed by atoms with van der Waals surface area (Å²) < 4.78 is 19.8. The first-order chi connectivity index (χ1) is 10.5. The van der Waals surface area contributed by atoms with Crippen molar-refractivity contribution in [3.63, 3.8) is 0 Å². The number of hydrogen-bond donors (Lipinski definition) is 1. The van der Waals surface area contributed by atoms with Crippen molar-refractivity contribution in [3.8, 4) is 0 Å². The van der Waals surface area contributed by atoms with E-state index in [0.717, 1.165) is 16.7 Å². The van der Waals surface area contributed by atoms with Crippen LogP contribution < -0.4 is 0 Å². The van der Waals surface area contributed by atoms with Gasteiger partial charge in [0.1, 0.15) is 30.3 Å². The Morgan fingerprint density at radius 1 is 1.27 bits per heavy atom. The predicted octanol–water partition coefficient (Wildman–Crippen LogP) is 1.15. The van der Waals surface area contributed by atoms with Crippen molar-refractivity contribution in [2.75, 3.05) is 6.61 Å². The third-order valence-corrected chi connectivity index (χ3v) is 4.29. The Hall–Kier alpha value is -1.54. The highest BCUT2D eigenvalue weighted by Gasteiger charge is 2.55. The van der Waals surface area contributed by atoms with Gasteiger partial charge in [-0.2, -0.15) is 0 Å². The Morgan fingerprint density at radius 2 is 2.05 bits per heavy atom. The minimum Gasteiger partial charge on any atom is -0.394 e. The van der Waals surface area contributed by atoms with Crippen LogP contribution in [0.2, 0.25) is 0 Å². The third-order valence-electron chi connectivity index (χ3n) is 4.29. The van der Waals surface area contributed by atoms with Crippen LogP contribution in [0.5, 0.6) is 0 Å². The molecule has 2 fully saturated rings. The third kappa shape index (κ3) is 1.97. The summed E-state index contributed by atoms with van der Waals surface area (Å²) in [4.78, 5) is 8.57. The van der Waals surface area contributed by atoms with Crippen molar-refractivity contribution in [1.82, 2.24) is 14.5 Å². The van der Waals surface area contributed by atoms with Crippen molar-refractivity contribution < 1.29 is 19.3 Å². The van der Waals surface area contributed by atoms with Crippen LogP contribution in [0, 0.1) is 6.92 Å². The monoisotopic (exact) mass is 305 g/mol. The number of ether oxygens (including phenoxy) is 3. The second-order valence-corrected chi connectivity index (χ2v) is 6.23. The van der Waals surface area contributed by atoms with E-state index in [1.165, 1.54) is 0 Å². The van der Waals surface area contributed by atoms with Crippen LogP contribution in [0.1, 0.15) is 25.8 Å². The summed E-state index contributed by atoms with van der Waals surface area (Å²) in [5.74, 6) is -0.682. The smallest absolute Gasteiger partial charge is 0.164 e. The maximum Gasteiger partial charge on any atom is 0.164 e. The summed E-state index contributed by atoms with van der Waals surface area (Å²) in [5, 5.41) is 10.5. The molecule has 4 atom stereocenters. The highest BCUT2D eigenvalue weighted by atomic mass is 16.8. The Morgan fingerprint density at radius 3 is 2.82 bits per heavy atom. The topological polar surface area (TPSA) is 78.6 Å². The molecule has 2 aromatic heterocycles. The standard InChI is InChI=1S/C15H19N3O4/c1-8-9-4-5-18(13(9)17-7-16-8)14-12-11(10(6-19)20-14)21-15(2,3)22-12/h4-5,7,10-12,14,19H,6H2,1-3H3/t10-,11+,12?,14+/m0/s1. The lowest BCUT2D eigenvalue weighted by molar-refractivity contribution is -0.199. The molecular weight excluding hydrogens is 286 g/mol. The van der Waals surface area contributed by atoms with Crippen LogP contribution in [0.25, 0.3) is 11.0 Å². The molecule has 0 bridgehead atoms. The maximum absolute atomic E-state index is 9.56. The van der Waals surface area contributed by atoms with Gasteiger partial charge in [0.2, 0.25) is 0 Å². The minimum absolute atomic E-state index is 0.107. The first kappa shape index (κ1) is 14.1. The van der Waals surface area contributed by atoms with Crippen molar-refractivity contribution in [2.45, 2.75) is 51.1 Å². The van der Waals surface area contributed by atoms with Gasteiger partial charge >= 0.3 is 0 Å². The average Bonchev–Trinajstić information content (AvgIpc) is 3.10. The fraction of sp³-hybridized carbons (Fsp3) is 0.600. The lowest BCUT2D eigenvalue weighted by atomic mass is 10.1. The Balaban J connectivity index is 1.77. The zero-order valence-corrected chi connectivity index (χ0v) is 12.8. The molecule has 0 amide bonds. The summed E-state index contributed by atoms with van der Waals surface area (Å²) in [6.45, 7) is 5.58. The normalized spacial score (nSPS) is 33.5. The number of hydrogen-bond acceptors (Lipinski definition) is 6. The van der Waals surface area contributed by atoms with E-state index in [4.69, 9.17) is 14.2 Å². The number of fused-ring (bicyclic) bond motifs is 2. The van der Waals surface area contributed by atoms with E-state index in [2.05, 4.69) is 9.97 Å². The van der Waals surface area contributed by atoms with E-state index >= 15 is 0 Å². The van der Waals surface area contributed by atoms with Gasteiger partial charge in [-0.1, -0.05) is 0 Å². The van der Waals surface area contributed by atoms with E-state index in [0.29, 0.717) is 0 Å². The van der Waals surface area contributed by atoms with Crippen LogP contribution in [0.4, 0.5) is 0 Å². The number of aryl methyl sites for hydroxylation is 1. The average molecular weight is 305 g/mol. The van der Waals surface area contributed by atoms with E-state index in [1.54, 1.807) is 6.33 Å². The highest BCUT2D eigenvalue weighted by molar-refractivity contribution is 5.78. The molecule has 0 aromatic carbocycles. The quantitative estimate of drug-likeness (QED) is 0.896. The molecule has 2 aliphatic heterocycles. The van der Waals surface area contributed by atoms with E-state index in [-0.39, 0.29) is 25.0 Å². The Bertz CT molecular complexity index is 714. The fourth-order valence-electron chi connectivity index (χ4n) is 3.33. The largest absolute Gasteiger partial charge is 0.394 e. The second-order valence-electron chi connectivity index (χ2n) is 6.23. The van der Waals surface area contributed by atoms with Gasteiger partial charge in [0.05, 0.1) is 12.3 Å². The Labute approximate surface area is 127 Å². The molecule has 0 spiro atoms. The number of aliphatic hydroxyl groups is 1. The number of aromatic nitrogens is 3. The van der Waals surface area contributed by atoms with E-state index in [9.17, 15) is 5.11 Å². The Kier molecular flexibility index (Phi) is 3.02. The van der Waals surface area contributed by atoms with Crippen molar-refractivity contribution in [3.05, 3.63) is 24.3 Å². The first-order valence-electron chi connectivity index (χ1n) is 7.40. The first-order valence-corrected chi connectivity index (χ1v) is 7.40. The molecule has 2 aromatic rings. The SMILES string of the molecule is Cc1ncnc2c1ccn2[C@@H]1O[C@@H](CO)[C@H]2OC(C)(C)OC12. The van der Waals surface area contributed by atoms with Crippen LogP contribution in [-0.2, 0) is 14.2 Å².